The summed E-state index contributed by atoms with van der Waals surface area (Å²) in [4.78, 5) is 32.0. The van der Waals surface area contributed by atoms with E-state index in [0.29, 0.717) is 18.8 Å². The molecule has 6 nitrogen and oxygen atoms in total. The number of para-hydroxylation sites is 1. The zero-order valence-electron chi connectivity index (χ0n) is 24.4. The van der Waals surface area contributed by atoms with Crippen molar-refractivity contribution in [2.75, 3.05) is 31.1 Å². The van der Waals surface area contributed by atoms with Crippen molar-refractivity contribution in [3.63, 3.8) is 0 Å². The van der Waals surface area contributed by atoms with E-state index in [4.69, 9.17) is 0 Å². The van der Waals surface area contributed by atoms with Gasteiger partial charge < -0.3 is 10.6 Å². The highest BCUT2D eigenvalue weighted by molar-refractivity contribution is 6.03. The first kappa shape index (κ1) is 27.4. The molecule has 218 valence electrons. The van der Waals surface area contributed by atoms with Gasteiger partial charge in [-0.3, -0.25) is 19.4 Å². The van der Waals surface area contributed by atoms with Crippen LogP contribution in [0.3, 0.4) is 0 Å². The molecule has 6 heteroatoms. The number of hydrogen-bond acceptors (Lipinski definition) is 4. The van der Waals surface area contributed by atoms with Crippen LogP contribution in [-0.2, 0) is 34.4 Å². The number of rotatable bonds is 7. The minimum atomic E-state index is -0.480. The van der Waals surface area contributed by atoms with Crippen LogP contribution in [0.4, 0.5) is 5.69 Å². The molecule has 42 heavy (non-hydrogen) atoms. The zero-order valence-corrected chi connectivity index (χ0v) is 24.4. The molecule has 0 unspecified atom stereocenters. The van der Waals surface area contributed by atoms with Crippen molar-refractivity contribution in [3.05, 3.63) is 101 Å². The molecule has 2 saturated heterocycles. The van der Waals surface area contributed by atoms with Gasteiger partial charge in [-0.15, -0.1) is 0 Å². The monoisotopic (exact) mass is 562 g/mol. The summed E-state index contributed by atoms with van der Waals surface area (Å²) in [6, 6.07) is 27.1. The van der Waals surface area contributed by atoms with E-state index in [1.165, 1.54) is 16.7 Å². The van der Waals surface area contributed by atoms with E-state index in [9.17, 15) is 9.59 Å². The Morgan fingerprint density at radius 3 is 2.45 bits per heavy atom. The van der Waals surface area contributed by atoms with Crippen LogP contribution < -0.4 is 15.5 Å². The highest BCUT2D eigenvalue weighted by atomic mass is 16.2. The van der Waals surface area contributed by atoms with E-state index >= 15 is 0 Å². The summed E-state index contributed by atoms with van der Waals surface area (Å²) in [5, 5.41) is 6.88. The van der Waals surface area contributed by atoms with Crippen molar-refractivity contribution < 1.29 is 9.59 Å². The minimum Gasteiger partial charge on any atom is -0.350 e. The minimum absolute atomic E-state index is 0.0193. The molecule has 7 rings (SSSR count). The molecule has 3 aliphatic heterocycles. The normalized spacial score (nSPS) is 24.5. The molecule has 3 heterocycles. The Labute approximate surface area is 249 Å². The van der Waals surface area contributed by atoms with E-state index in [2.05, 4.69) is 70.1 Å². The third kappa shape index (κ3) is 5.16. The molecule has 0 radical (unpaired) electrons. The predicted molar refractivity (Wildman–Crippen MR) is 166 cm³/mol. The summed E-state index contributed by atoms with van der Waals surface area (Å²) in [6.45, 7) is 4.77. The van der Waals surface area contributed by atoms with Crippen molar-refractivity contribution in [3.8, 4) is 0 Å². The summed E-state index contributed by atoms with van der Waals surface area (Å²) in [7, 11) is 0. The van der Waals surface area contributed by atoms with Crippen molar-refractivity contribution in [2.24, 2.45) is 5.92 Å². The maximum absolute atomic E-state index is 14.0. The fourth-order valence-electron chi connectivity index (χ4n) is 8.35. The summed E-state index contributed by atoms with van der Waals surface area (Å²) < 4.78 is 0. The summed E-state index contributed by atoms with van der Waals surface area (Å²) in [5.41, 5.74) is 6.42. The van der Waals surface area contributed by atoms with Gasteiger partial charge in [0.1, 0.15) is 6.04 Å². The number of nitrogens with one attached hydrogen (secondary N) is 2. The first-order chi connectivity index (χ1) is 20.6. The molecule has 0 bridgehead atoms. The molecular formula is C36H42N4O2. The number of piperidine rings is 1. The molecule has 0 aromatic heterocycles. The zero-order chi connectivity index (χ0) is 28.5. The van der Waals surface area contributed by atoms with Crippen LogP contribution in [-0.4, -0.2) is 55.0 Å². The van der Waals surface area contributed by atoms with Crippen molar-refractivity contribution >= 4 is 17.5 Å². The number of likely N-dealkylation sites (tertiary alicyclic amines) is 1. The Balaban J connectivity index is 1.03. The number of carbonyl (C=O) groups is 2. The molecule has 3 atom stereocenters. The highest BCUT2D eigenvalue weighted by Gasteiger charge is 2.47. The average molecular weight is 563 g/mol. The number of anilines is 1. The SMILES string of the molecule is O=C(N[C@H]1CCN(Cc2ccccc2)C1)[C@@H]1Cc2ccccc2N1C(=O)CC[C@@H]1Cc2ccccc2C12CCNCC2. The van der Waals surface area contributed by atoms with Crippen LogP contribution in [0.25, 0.3) is 0 Å². The van der Waals surface area contributed by atoms with Gasteiger partial charge in [-0.25, -0.2) is 0 Å². The number of hydrogen-bond donors (Lipinski definition) is 2. The lowest BCUT2D eigenvalue weighted by Gasteiger charge is -2.40. The Morgan fingerprint density at radius 2 is 1.62 bits per heavy atom. The number of fused-ring (bicyclic) bond motifs is 3. The van der Waals surface area contributed by atoms with Gasteiger partial charge in [0.15, 0.2) is 0 Å². The Hall–Kier alpha value is -3.48. The molecule has 4 aliphatic rings. The first-order valence-electron chi connectivity index (χ1n) is 15.9. The lowest BCUT2D eigenvalue weighted by Crippen LogP contribution is -2.51. The molecule has 2 amide bonds. The topological polar surface area (TPSA) is 64.7 Å². The van der Waals surface area contributed by atoms with Gasteiger partial charge in [0, 0.05) is 49.6 Å². The fraction of sp³-hybridized carbons (Fsp3) is 0.444. The average Bonchev–Trinajstić information content (AvgIpc) is 3.71. The van der Waals surface area contributed by atoms with E-state index in [1.807, 2.05) is 29.2 Å². The molecule has 1 spiro atoms. The Bertz CT molecular complexity index is 1430. The molecule has 3 aromatic carbocycles. The molecular weight excluding hydrogens is 520 g/mol. The molecule has 0 saturated carbocycles. The van der Waals surface area contributed by atoms with Gasteiger partial charge in [-0.1, -0.05) is 72.8 Å². The van der Waals surface area contributed by atoms with E-state index in [0.717, 1.165) is 76.1 Å². The van der Waals surface area contributed by atoms with Crippen molar-refractivity contribution in [1.82, 2.24) is 15.5 Å². The van der Waals surface area contributed by atoms with Gasteiger partial charge in [0.2, 0.25) is 11.8 Å². The van der Waals surface area contributed by atoms with Gasteiger partial charge >= 0.3 is 0 Å². The lowest BCUT2D eigenvalue weighted by atomic mass is 9.67. The molecule has 1 aliphatic carbocycles. The van der Waals surface area contributed by atoms with Gasteiger partial charge in [0.25, 0.3) is 0 Å². The second-order valence-electron chi connectivity index (χ2n) is 12.8. The highest BCUT2D eigenvalue weighted by Crippen LogP contribution is 2.50. The van der Waals surface area contributed by atoms with Crippen LogP contribution in [0.5, 0.6) is 0 Å². The Kier molecular flexibility index (Phi) is 7.59. The van der Waals surface area contributed by atoms with Crippen LogP contribution in [0.1, 0.15) is 54.4 Å². The first-order valence-corrected chi connectivity index (χ1v) is 15.9. The third-order valence-corrected chi connectivity index (χ3v) is 10.4. The number of carbonyl (C=O) groups excluding carboxylic acids is 2. The largest absolute Gasteiger partial charge is 0.350 e. The van der Waals surface area contributed by atoms with Crippen molar-refractivity contribution in [1.29, 1.82) is 0 Å². The van der Waals surface area contributed by atoms with Crippen LogP contribution >= 0.6 is 0 Å². The van der Waals surface area contributed by atoms with Gasteiger partial charge in [-0.2, -0.15) is 0 Å². The van der Waals surface area contributed by atoms with Gasteiger partial charge in [-0.05, 0) is 79.4 Å². The van der Waals surface area contributed by atoms with Crippen LogP contribution in [0.15, 0.2) is 78.9 Å². The second-order valence-corrected chi connectivity index (χ2v) is 12.8. The van der Waals surface area contributed by atoms with Gasteiger partial charge in [0.05, 0.1) is 0 Å². The molecule has 2 fully saturated rings. The van der Waals surface area contributed by atoms with Crippen LogP contribution in [0.2, 0.25) is 0 Å². The second kappa shape index (κ2) is 11.7. The molecule has 2 N–H and O–H groups in total. The van der Waals surface area contributed by atoms with E-state index < -0.39 is 6.04 Å². The standard InChI is InChI=1S/C36H42N4O2/c41-34(15-14-29-22-27-10-4-6-12-31(27)36(29)17-19-37-20-18-36)40-32-13-7-5-11-28(32)23-33(40)35(42)38-30-16-21-39(25-30)24-26-8-2-1-3-9-26/h1-13,29-30,33,37H,14-25H2,(H,38,42)/t29-,30+,33+/m1/s1. The summed E-state index contributed by atoms with van der Waals surface area (Å²) in [5.74, 6) is 0.520. The maximum atomic E-state index is 14.0. The molecule has 3 aromatic rings. The number of nitrogens with zero attached hydrogens (tertiary/aromatic N) is 2. The van der Waals surface area contributed by atoms with Crippen molar-refractivity contribution in [2.45, 2.75) is 69.0 Å². The quantitative estimate of drug-likeness (QED) is 0.442. The predicted octanol–water partition coefficient (Wildman–Crippen LogP) is 4.61. The number of benzene rings is 3. The third-order valence-electron chi connectivity index (χ3n) is 10.4. The summed E-state index contributed by atoms with van der Waals surface area (Å²) >= 11 is 0. The fourth-order valence-corrected chi connectivity index (χ4v) is 8.35. The number of amides is 2. The summed E-state index contributed by atoms with van der Waals surface area (Å²) in [6.07, 6.45) is 6.15. The Morgan fingerprint density at radius 1 is 0.881 bits per heavy atom. The van der Waals surface area contributed by atoms with E-state index in [1.54, 1.807) is 0 Å². The maximum Gasteiger partial charge on any atom is 0.243 e. The van der Waals surface area contributed by atoms with Crippen LogP contribution in [0, 0.1) is 5.92 Å². The smallest absolute Gasteiger partial charge is 0.243 e. The van der Waals surface area contributed by atoms with E-state index in [-0.39, 0.29) is 23.3 Å². The lowest BCUT2D eigenvalue weighted by molar-refractivity contribution is -0.126.